The number of hydrogen-bond donors (Lipinski definition) is 2. The van der Waals surface area contributed by atoms with E-state index in [1.807, 2.05) is 54.9 Å². The van der Waals surface area contributed by atoms with Gasteiger partial charge >= 0.3 is 5.97 Å². The fourth-order valence-corrected chi connectivity index (χ4v) is 3.95. The number of carbonyl (C=O) groups is 1. The minimum absolute atomic E-state index is 0.142. The van der Waals surface area contributed by atoms with Gasteiger partial charge < -0.3 is 10.4 Å². The van der Waals surface area contributed by atoms with Crippen LogP contribution < -0.4 is 5.32 Å². The van der Waals surface area contributed by atoms with E-state index in [-0.39, 0.29) is 5.56 Å². The van der Waals surface area contributed by atoms with Gasteiger partial charge in [-0.15, -0.1) is 0 Å². The van der Waals surface area contributed by atoms with E-state index in [0.717, 1.165) is 34.1 Å². The van der Waals surface area contributed by atoms with Gasteiger partial charge in [-0.25, -0.2) is 13.9 Å². The number of para-hydroxylation sites is 1. The molecule has 0 fully saturated rings. The van der Waals surface area contributed by atoms with Gasteiger partial charge in [0.05, 0.1) is 22.6 Å². The number of anilines is 2. The molecule has 0 bridgehead atoms. The number of carboxylic acid groups (broad SMARTS) is 1. The molecular formula is C22H18FN3O2S. The number of benzene rings is 2. The van der Waals surface area contributed by atoms with Crippen LogP contribution in [0.2, 0.25) is 0 Å². The molecule has 4 rings (SSSR count). The van der Waals surface area contributed by atoms with Crippen LogP contribution in [-0.4, -0.2) is 20.9 Å². The first-order valence-corrected chi connectivity index (χ1v) is 9.88. The van der Waals surface area contributed by atoms with Crippen molar-refractivity contribution in [3.63, 3.8) is 0 Å². The Kier molecular flexibility index (Phi) is 4.90. The van der Waals surface area contributed by atoms with Crippen molar-refractivity contribution in [3.05, 3.63) is 81.9 Å². The molecule has 0 aliphatic heterocycles. The van der Waals surface area contributed by atoms with Crippen molar-refractivity contribution < 1.29 is 14.3 Å². The number of carboxylic acids is 1. The molecule has 29 heavy (non-hydrogen) atoms. The minimum Gasteiger partial charge on any atom is -0.478 e. The second-order valence-corrected chi connectivity index (χ2v) is 7.42. The monoisotopic (exact) mass is 407 g/mol. The van der Waals surface area contributed by atoms with Crippen LogP contribution in [0.5, 0.6) is 0 Å². The first-order chi connectivity index (χ1) is 14.0. The van der Waals surface area contributed by atoms with E-state index in [9.17, 15) is 14.3 Å². The Bertz CT molecular complexity index is 1200. The fraction of sp³-hybridized carbons (Fsp3) is 0.0909. The van der Waals surface area contributed by atoms with Crippen LogP contribution in [0.3, 0.4) is 0 Å². The molecule has 0 saturated carbocycles. The lowest BCUT2D eigenvalue weighted by Crippen LogP contribution is -2.08. The molecule has 0 amide bonds. The van der Waals surface area contributed by atoms with E-state index in [1.54, 1.807) is 16.0 Å². The highest BCUT2D eigenvalue weighted by Gasteiger charge is 2.21. The van der Waals surface area contributed by atoms with E-state index in [0.29, 0.717) is 11.5 Å². The van der Waals surface area contributed by atoms with Crippen molar-refractivity contribution in [2.24, 2.45) is 0 Å². The molecular weight excluding hydrogens is 389 g/mol. The van der Waals surface area contributed by atoms with Gasteiger partial charge in [-0.2, -0.15) is 16.4 Å². The molecule has 0 radical (unpaired) electrons. The highest BCUT2D eigenvalue weighted by Crippen LogP contribution is 2.37. The first kappa shape index (κ1) is 18.9. The normalized spacial score (nSPS) is 10.9. The van der Waals surface area contributed by atoms with Crippen molar-refractivity contribution in [1.82, 2.24) is 9.78 Å². The maximum absolute atomic E-state index is 13.6. The molecule has 2 aromatic heterocycles. The zero-order valence-electron chi connectivity index (χ0n) is 15.8. The zero-order valence-corrected chi connectivity index (χ0v) is 16.6. The average molecular weight is 407 g/mol. The van der Waals surface area contributed by atoms with E-state index in [1.165, 1.54) is 12.1 Å². The summed E-state index contributed by atoms with van der Waals surface area (Å²) < 4.78 is 15.4. The second kappa shape index (κ2) is 7.52. The number of aromatic nitrogens is 2. The molecule has 0 atom stereocenters. The van der Waals surface area contributed by atoms with Crippen molar-refractivity contribution in [1.29, 1.82) is 0 Å². The summed E-state index contributed by atoms with van der Waals surface area (Å²) in [6, 6.07) is 13.5. The van der Waals surface area contributed by atoms with Crippen molar-refractivity contribution >= 4 is 28.8 Å². The van der Waals surface area contributed by atoms with Crippen molar-refractivity contribution in [2.45, 2.75) is 13.8 Å². The van der Waals surface area contributed by atoms with Crippen molar-refractivity contribution in [2.75, 3.05) is 5.32 Å². The average Bonchev–Trinajstić information content (AvgIpc) is 3.31. The van der Waals surface area contributed by atoms with Gasteiger partial charge in [-0.05, 0) is 66.1 Å². The molecule has 0 spiro atoms. The van der Waals surface area contributed by atoms with Gasteiger partial charge in [0.25, 0.3) is 0 Å². The molecule has 2 N–H and O–H groups in total. The predicted octanol–water partition coefficient (Wildman–Crippen LogP) is 5.80. The molecule has 2 heterocycles. The lowest BCUT2D eigenvalue weighted by Gasteiger charge is -2.15. The molecule has 4 aromatic rings. The lowest BCUT2D eigenvalue weighted by atomic mass is 10.1. The van der Waals surface area contributed by atoms with E-state index in [4.69, 9.17) is 5.10 Å². The Morgan fingerprint density at radius 2 is 1.97 bits per heavy atom. The summed E-state index contributed by atoms with van der Waals surface area (Å²) in [5, 5.41) is 21.5. The molecule has 0 unspecified atom stereocenters. The number of halogens is 1. The van der Waals surface area contributed by atoms with Crippen LogP contribution in [0.1, 0.15) is 21.6 Å². The van der Waals surface area contributed by atoms with Crippen LogP contribution in [0.15, 0.2) is 59.3 Å². The summed E-state index contributed by atoms with van der Waals surface area (Å²) >= 11 is 1.57. The lowest BCUT2D eigenvalue weighted by molar-refractivity contribution is 0.0697. The largest absolute Gasteiger partial charge is 0.478 e. The Morgan fingerprint density at radius 3 is 2.66 bits per heavy atom. The molecule has 0 saturated heterocycles. The van der Waals surface area contributed by atoms with Gasteiger partial charge in [0.15, 0.2) is 0 Å². The summed E-state index contributed by atoms with van der Waals surface area (Å²) in [6.07, 6.45) is 0. The first-order valence-electron chi connectivity index (χ1n) is 8.94. The number of nitrogens with one attached hydrogen (secondary N) is 1. The van der Waals surface area contributed by atoms with Gasteiger partial charge in [0, 0.05) is 5.56 Å². The summed E-state index contributed by atoms with van der Waals surface area (Å²) in [5.41, 5.74) is 4.70. The van der Waals surface area contributed by atoms with Gasteiger partial charge in [0.2, 0.25) is 0 Å². The molecule has 2 aromatic carbocycles. The number of hydrogen-bond acceptors (Lipinski definition) is 4. The summed E-state index contributed by atoms with van der Waals surface area (Å²) in [7, 11) is 0. The van der Waals surface area contributed by atoms with Gasteiger partial charge in [0.1, 0.15) is 11.6 Å². The van der Waals surface area contributed by atoms with E-state index < -0.39 is 11.8 Å². The minimum atomic E-state index is -1.21. The fourth-order valence-electron chi connectivity index (χ4n) is 3.30. The number of aryl methyl sites for hydroxylation is 2. The molecule has 0 aliphatic rings. The number of aromatic carboxylic acids is 1. The third-order valence-electron chi connectivity index (χ3n) is 4.68. The molecule has 7 heteroatoms. The molecule has 5 nitrogen and oxygen atoms in total. The van der Waals surface area contributed by atoms with Crippen molar-refractivity contribution in [3.8, 4) is 16.8 Å². The second-order valence-electron chi connectivity index (χ2n) is 6.64. The Hall–Kier alpha value is -3.45. The zero-order chi connectivity index (χ0) is 20.5. The smallest absolute Gasteiger partial charge is 0.337 e. The van der Waals surface area contributed by atoms with Crippen LogP contribution in [0, 0.1) is 19.7 Å². The quantitative estimate of drug-likeness (QED) is 0.439. The topological polar surface area (TPSA) is 67.2 Å². The Morgan fingerprint density at radius 1 is 1.17 bits per heavy atom. The SMILES string of the molecule is Cc1ccccc1-n1nc(C)c(-c2ccsc2)c1Nc1ccc(F)cc1C(=O)O. The third kappa shape index (κ3) is 3.52. The highest BCUT2D eigenvalue weighted by molar-refractivity contribution is 7.08. The van der Waals surface area contributed by atoms with Crippen LogP contribution in [-0.2, 0) is 0 Å². The third-order valence-corrected chi connectivity index (χ3v) is 5.36. The summed E-state index contributed by atoms with van der Waals surface area (Å²) in [4.78, 5) is 11.7. The Balaban J connectivity index is 1.95. The summed E-state index contributed by atoms with van der Waals surface area (Å²) in [5.74, 6) is -1.18. The molecule has 0 aliphatic carbocycles. The molecule has 146 valence electrons. The van der Waals surface area contributed by atoms with Gasteiger partial charge in [-0.3, -0.25) is 0 Å². The van der Waals surface area contributed by atoms with E-state index in [2.05, 4.69) is 5.32 Å². The maximum atomic E-state index is 13.6. The van der Waals surface area contributed by atoms with E-state index >= 15 is 0 Å². The van der Waals surface area contributed by atoms with Gasteiger partial charge in [-0.1, -0.05) is 18.2 Å². The van der Waals surface area contributed by atoms with Crippen LogP contribution in [0.25, 0.3) is 16.8 Å². The number of rotatable bonds is 5. The van der Waals surface area contributed by atoms with Crippen LogP contribution in [0.4, 0.5) is 15.9 Å². The van der Waals surface area contributed by atoms with Crippen LogP contribution >= 0.6 is 11.3 Å². The Labute approximate surface area is 171 Å². The summed E-state index contributed by atoms with van der Waals surface area (Å²) in [6.45, 7) is 3.90. The maximum Gasteiger partial charge on any atom is 0.337 e. The number of thiophene rings is 1. The number of nitrogens with zero attached hydrogens (tertiary/aromatic N) is 2. The predicted molar refractivity (Wildman–Crippen MR) is 113 cm³/mol. The standard InChI is InChI=1S/C22H18FN3O2S/c1-13-5-3-4-6-19(13)26-21(20(14(2)25-26)15-9-10-29-12-15)24-18-8-7-16(23)11-17(18)22(27)28/h3-12,24H,1-2H3,(H,27,28). The highest BCUT2D eigenvalue weighted by atomic mass is 32.1.